The van der Waals surface area contributed by atoms with Gasteiger partial charge in [-0.3, -0.25) is 4.79 Å². The molecule has 3 rings (SSSR count). The Morgan fingerprint density at radius 3 is 2.67 bits per heavy atom. The van der Waals surface area contributed by atoms with E-state index in [4.69, 9.17) is 0 Å². The Morgan fingerprint density at radius 2 is 2.06 bits per heavy atom. The molecule has 0 bridgehead atoms. The van der Waals surface area contributed by atoms with Crippen LogP contribution in [0, 0.1) is 0 Å². The maximum atomic E-state index is 11.1. The third-order valence-corrected chi connectivity index (χ3v) is 4.24. The highest BCUT2D eigenvalue weighted by Crippen LogP contribution is 2.44. The molecule has 1 aliphatic carbocycles. The van der Waals surface area contributed by atoms with Crippen molar-refractivity contribution < 1.29 is 4.79 Å². The van der Waals surface area contributed by atoms with Crippen LogP contribution in [0.3, 0.4) is 0 Å². The number of hydrogen-bond donors (Lipinski definition) is 0. The van der Waals surface area contributed by atoms with Crippen LogP contribution in [0.15, 0.2) is 30.3 Å². The summed E-state index contributed by atoms with van der Waals surface area (Å²) in [5, 5.41) is 0.894. The summed E-state index contributed by atoms with van der Waals surface area (Å²) >= 11 is 1.48. The van der Waals surface area contributed by atoms with Crippen LogP contribution in [0.2, 0.25) is 0 Å². The van der Waals surface area contributed by atoms with Gasteiger partial charge in [-0.25, -0.2) is 4.98 Å². The molecule has 1 aromatic carbocycles. The minimum absolute atomic E-state index is 0.513. The van der Waals surface area contributed by atoms with E-state index in [1.54, 1.807) is 0 Å². The van der Waals surface area contributed by atoms with E-state index in [2.05, 4.69) is 4.98 Å². The predicted molar refractivity (Wildman–Crippen MR) is 74.0 cm³/mol. The number of hydrogen-bond acceptors (Lipinski definition) is 4. The first-order valence-corrected chi connectivity index (χ1v) is 6.86. The molecule has 18 heavy (non-hydrogen) atoms. The van der Waals surface area contributed by atoms with Crippen LogP contribution in [0.5, 0.6) is 0 Å². The zero-order chi connectivity index (χ0) is 12.5. The van der Waals surface area contributed by atoms with Crippen LogP contribution in [-0.4, -0.2) is 18.3 Å². The minimum Gasteiger partial charge on any atom is -0.321 e. The lowest BCUT2D eigenvalue weighted by Gasteiger charge is -2.15. The molecule has 0 spiro atoms. The van der Waals surface area contributed by atoms with Gasteiger partial charge in [0.05, 0.1) is 10.6 Å². The molecule has 4 heteroatoms. The van der Waals surface area contributed by atoms with Gasteiger partial charge in [0, 0.05) is 18.7 Å². The highest BCUT2D eigenvalue weighted by molar-refractivity contribution is 7.17. The Bertz CT molecular complexity index is 560. The summed E-state index contributed by atoms with van der Waals surface area (Å²) in [6.07, 6.45) is 3.27. The van der Waals surface area contributed by atoms with Crippen molar-refractivity contribution in [2.45, 2.75) is 18.8 Å². The van der Waals surface area contributed by atoms with Crippen LogP contribution >= 0.6 is 11.3 Å². The molecule has 0 N–H and O–H groups in total. The van der Waals surface area contributed by atoms with Crippen molar-refractivity contribution in [1.29, 1.82) is 0 Å². The zero-order valence-electron chi connectivity index (χ0n) is 10.2. The molecule has 92 valence electrons. The summed E-state index contributed by atoms with van der Waals surface area (Å²) < 4.78 is 0. The van der Waals surface area contributed by atoms with E-state index in [-0.39, 0.29) is 0 Å². The Hall–Kier alpha value is -1.68. The SMILES string of the molecule is CN(c1ccccc1)c1nc(C2CC2)c(C=O)s1. The minimum atomic E-state index is 0.513. The van der Waals surface area contributed by atoms with E-state index in [0.29, 0.717) is 5.92 Å². The van der Waals surface area contributed by atoms with E-state index in [9.17, 15) is 4.79 Å². The number of para-hydroxylation sites is 1. The van der Waals surface area contributed by atoms with E-state index in [0.717, 1.165) is 27.7 Å². The molecule has 1 fully saturated rings. The van der Waals surface area contributed by atoms with Crippen molar-refractivity contribution in [3.8, 4) is 0 Å². The van der Waals surface area contributed by atoms with Crippen LogP contribution in [0.1, 0.15) is 34.1 Å². The number of rotatable bonds is 4. The van der Waals surface area contributed by atoms with Crippen molar-refractivity contribution >= 4 is 28.4 Å². The van der Waals surface area contributed by atoms with Crippen LogP contribution in [-0.2, 0) is 0 Å². The maximum absolute atomic E-state index is 11.1. The lowest BCUT2D eigenvalue weighted by molar-refractivity contribution is 0.112. The highest BCUT2D eigenvalue weighted by atomic mass is 32.1. The second-order valence-electron chi connectivity index (χ2n) is 4.53. The average Bonchev–Trinajstić information content (AvgIpc) is 3.18. The van der Waals surface area contributed by atoms with Crippen molar-refractivity contribution in [3.63, 3.8) is 0 Å². The van der Waals surface area contributed by atoms with Gasteiger partial charge in [0.2, 0.25) is 0 Å². The average molecular weight is 258 g/mol. The lowest BCUT2D eigenvalue weighted by Crippen LogP contribution is -2.08. The highest BCUT2D eigenvalue weighted by Gasteiger charge is 2.30. The first-order valence-electron chi connectivity index (χ1n) is 6.04. The molecule has 1 aliphatic rings. The summed E-state index contributed by atoms with van der Waals surface area (Å²) in [5.41, 5.74) is 2.08. The van der Waals surface area contributed by atoms with Crippen molar-refractivity contribution in [2.75, 3.05) is 11.9 Å². The largest absolute Gasteiger partial charge is 0.321 e. The van der Waals surface area contributed by atoms with Crippen molar-refractivity contribution in [2.24, 2.45) is 0 Å². The van der Waals surface area contributed by atoms with Gasteiger partial charge < -0.3 is 4.90 Å². The van der Waals surface area contributed by atoms with Gasteiger partial charge in [0.15, 0.2) is 11.4 Å². The van der Waals surface area contributed by atoms with Crippen LogP contribution < -0.4 is 4.90 Å². The van der Waals surface area contributed by atoms with Gasteiger partial charge in [0.25, 0.3) is 0 Å². The van der Waals surface area contributed by atoms with Crippen LogP contribution in [0.25, 0.3) is 0 Å². The second-order valence-corrected chi connectivity index (χ2v) is 5.54. The molecular weight excluding hydrogens is 244 g/mol. The Kier molecular flexibility index (Phi) is 2.88. The van der Waals surface area contributed by atoms with Crippen LogP contribution in [0.4, 0.5) is 10.8 Å². The summed E-state index contributed by atoms with van der Waals surface area (Å²) in [7, 11) is 1.99. The van der Waals surface area contributed by atoms with Gasteiger partial charge in [-0.2, -0.15) is 0 Å². The normalized spacial score (nSPS) is 14.5. The molecule has 1 heterocycles. The van der Waals surface area contributed by atoms with Gasteiger partial charge in [-0.15, -0.1) is 0 Å². The smallest absolute Gasteiger partial charge is 0.190 e. The number of aromatic nitrogens is 1. The number of nitrogens with zero attached hydrogens (tertiary/aromatic N) is 2. The molecule has 3 nitrogen and oxygen atoms in total. The third-order valence-electron chi connectivity index (χ3n) is 3.17. The number of thiazole rings is 1. The fourth-order valence-corrected chi connectivity index (χ4v) is 2.92. The molecule has 2 aromatic rings. The molecular formula is C14H14N2OS. The predicted octanol–water partition coefficient (Wildman–Crippen LogP) is 3.60. The Labute approximate surface area is 110 Å². The number of aldehydes is 1. The molecule has 1 aromatic heterocycles. The lowest BCUT2D eigenvalue weighted by atomic mass is 10.3. The fraction of sp³-hybridized carbons (Fsp3) is 0.286. The van der Waals surface area contributed by atoms with E-state index in [1.807, 2.05) is 42.3 Å². The number of carbonyl (C=O) groups is 1. The quantitative estimate of drug-likeness (QED) is 0.786. The zero-order valence-corrected chi connectivity index (χ0v) is 11.0. The topological polar surface area (TPSA) is 33.2 Å². The Morgan fingerprint density at radius 1 is 1.33 bits per heavy atom. The standard InChI is InChI=1S/C14H14N2OS/c1-16(11-5-3-2-4-6-11)14-15-13(10-7-8-10)12(9-17)18-14/h2-6,9-10H,7-8H2,1H3. The third kappa shape index (κ3) is 2.04. The fourth-order valence-electron chi connectivity index (χ4n) is 1.97. The molecule has 0 radical (unpaired) electrons. The summed E-state index contributed by atoms with van der Waals surface area (Å²) in [6.45, 7) is 0. The molecule has 0 unspecified atom stereocenters. The molecule has 0 saturated heterocycles. The molecule has 0 aliphatic heterocycles. The van der Waals surface area contributed by atoms with Gasteiger partial charge in [-0.05, 0) is 25.0 Å². The Balaban J connectivity index is 1.94. The first-order chi connectivity index (χ1) is 8.79. The van der Waals surface area contributed by atoms with E-state index in [1.165, 1.54) is 24.2 Å². The summed E-state index contributed by atoms with van der Waals surface area (Å²) in [4.78, 5) is 18.5. The van der Waals surface area contributed by atoms with Gasteiger partial charge >= 0.3 is 0 Å². The van der Waals surface area contributed by atoms with E-state index < -0.39 is 0 Å². The monoisotopic (exact) mass is 258 g/mol. The van der Waals surface area contributed by atoms with E-state index >= 15 is 0 Å². The molecule has 1 saturated carbocycles. The summed E-state index contributed by atoms with van der Waals surface area (Å²) in [6, 6.07) is 10.1. The van der Waals surface area contributed by atoms with Gasteiger partial charge in [0.1, 0.15) is 0 Å². The maximum Gasteiger partial charge on any atom is 0.190 e. The van der Waals surface area contributed by atoms with Gasteiger partial charge in [-0.1, -0.05) is 29.5 Å². The van der Waals surface area contributed by atoms with Crippen molar-refractivity contribution in [3.05, 3.63) is 40.9 Å². The number of carbonyl (C=O) groups excluding carboxylic acids is 1. The second kappa shape index (κ2) is 4.53. The van der Waals surface area contributed by atoms with Crippen molar-refractivity contribution in [1.82, 2.24) is 4.98 Å². The number of benzene rings is 1. The first kappa shape index (κ1) is 11.4. The molecule has 0 atom stereocenters. The molecule has 0 amide bonds. The summed E-state index contributed by atoms with van der Waals surface area (Å²) in [5.74, 6) is 0.513. The number of anilines is 2.